The number of nitrogens with two attached hydrogens (primary N) is 1. The molecule has 1 aliphatic rings. The minimum absolute atomic E-state index is 0.244. The SMILES string of the molecule is CN1CCN(Nc2ccc(S(C)(=O)=O)cc2N)CC1. The second-order valence-electron chi connectivity index (χ2n) is 4.92. The van der Waals surface area contributed by atoms with Crippen molar-refractivity contribution < 1.29 is 8.42 Å². The van der Waals surface area contributed by atoms with Gasteiger partial charge in [0.25, 0.3) is 0 Å². The zero-order valence-electron chi connectivity index (χ0n) is 11.3. The maximum Gasteiger partial charge on any atom is 0.175 e. The lowest BCUT2D eigenvalue weighted by Crippen LogP contribution is -2.47. The second-order valence-corrected chi connectivity index (χ2v) is 6.94. The minimum Gasteiger partial charge on any atom is -0.397 e. The number of benzene rings is 1. The number of hydrazine groups is 1. The second kappa shape index (κ2) is 5.36. The van der Waals surface area contributed by atoms with E-state index in [4.69, 9.17) is 5.73 Å². The molecule has 1 aliphatic heterocycles. The summed E-state index contributed by atoms with van der Waals surface area (Å²) in [6, 6.07) is 4.78. The molecule has 0 radical (unpaired) electrons. The molecule has 1 heterocycles. The molecule has 0 unspecified atom stereocenters. The first kappa shape index (κ1) is 14.1. The van der Waals surface area contributed by atoms with E-state index in [9.17, 15) is 8.42 Å². The summed E-state index contributed by atoms with van der Waals surface area (Å²) in [5.74, 6) is 0. The quantitative estimate of drug-likeness (QED) is 0.775. The number of likely N-dealkylation sites (N-methyl/N-ethyl adjacent to an activating group) is 1. The number of nitrogens with zero attached hydrogens (tertiary/aromatic N) is 2. The van der Waals surface area contributed by atoms with Gasteiger partial charge in [-0.3, -0.25) is 0 Å². The van der Waals surface area contributed by atoms with Crippen LogP contribution in [0, 0.1) is 0 Å². The molecule has 0 aliphatic carbocycles. The van der Waals surface area contributed by atoms with Crippen molar-refractivity contribution in [2.75, 3.05) is 50.6 Å². The summed E-state index contributed by atoms with van der Waals surface area (Å²) in [5.41, 5.74) is 10.3. The molecular formula is C12H20N4O2S. The molecule has 6 nitrogen and oxygen atoms in total. The van der Waals surface area contributed by atoms with Crippen LogP contribution in [-0.2, 0) is 9.84 Å². The molecule has 0 atom stereocenters. The van der Waals surface area contributed by atoms with Crippen molar-refractivity contribution in [2.24, 2.45) is 0 Å². The topological polar surface area (TPSA) is 78.7 Å². The van der Waals surface area contributed by atoms with Crippen molar-refractivity contribution >= 4 is 21.2 Å². The monoisotopic (exact) mass is 284 g/mol. The number of anilines is 2. The van der Waals surface area contributed by atoms with E-state index < -0.39 is 9.84 Å². The summed E-state index contributed by atoms with van der Waals surface area (Å²) < 4.78 is 22.9. The van der Waals surface area contributed by atoms with Crippen molar-refractivity contribution in [3.05, 3.63) is 18.2 Å². The zero-order chi connectivity index (χ0) is 14.0. The van der Waals surface area contributed by atoms with E-state index in [2.05, 4.69) is 22.4 Å². The lowest BCUT2D eigenvalue weighted by molar-refractivity contribution is 0.179. The first-order chi connectivity index (χ1) is 8.86. The fourth-order valence-corrected chi connectivity index (χ4v) is 2.62. The standard InChI is InChI=1S/C12H20N4O2S/c1-15-5-7-16(8-6-15)14-12-4-3-10(9-11(12)13)19(2,17)18/h3-4,9,14H,5-8,13H2,1-2H3. The number of hydrogen-bond acceptors (Lipinski definition) is 6. The van der Waals surface area contributed by atoms with E-state index in [1.807, 2.05) is 0 Å². The Kier molecular flexibility index (Phi) is 3.98. The summed E-state index contributed by atoms with van der Waals surface area (Å²) in [6.45, 7) is 3.80. The highest BCUT2D eigenvalue weighted by atomic mass is 32.2. The van der Waals surface area contributed by atoms with Gasteiger partial charge in [-0.05, 0) is 25.2 Å². The van der Waals surface area contributed by atoms with Crippen LogP contribution in [0.3, 0.4) is 0 Å². The molecule has 0 bridgehead atoms. The van der Waals surface area contributed by atoms with E-state index in [1.165, 1.54) is 12.3 Å². The highest BCUT2D eigenvalue weighted by Gasteiger charge is 2.15. The summed E-state index contributed by atoms with van der Waals surface area (Å²) in [7, 11) is -1.12. The van der Waals surface area contributed by atoms with Gasteiger partial charge >= 0.3 is 0 Å². The number of nitrogen functional groups attached to an aromatic ring is 1. The number of piperazine rings is 1. The Bertz CT molecular complexity index is 551. The summed E-state index contributed by atoms with van der Waals surface area (Å²) in [5, 5.41) is 2.09. The van der Waals surface area contributed by atoms with E-state index in [0.717, 1.165) is 31.9 Å². The first-order valence-electron chi connectivity index (χ1n) is 6.16. The molecule has 19 heavy (non-hydrogen) atoms. The molecule has 1 saturated heterocycles. The molecule has 0 amide bonds. The minimum atomic E-state index is -3.21. The maximum atomic E-state index is 11.4. The Morgan fingerprint density at radius 1 is 1.21 bits per heavy atom. The predicted octanol–water partition coefficient (Wildman–Crippen LogP) is 0.247. The van der Waals surface area contributed by atoms with Gasteiger partial charge < -0.3 is 16.1 Å². The molecule has 1 aromatic rings. The fourth-order valence-electron chi connectivity index (χ4n) is 1.96. The van der Waals surface area contributed by atoms with Crippen LogP contribution in [0.1, 0.15) is 0 Å². The molecule has 1 fully saturated rings. The number of nitrogens with one attached hydrogen (secondary N) is 1. The van der Waals surface area contributed by atoms with Gasteiger partial charge in [-0.1, -0.05) is 0 Å². The van der Waals surface area contributed by atoms with Crippen molar-refractivity contribution in [2.45, 2.75) is 4.90 Å². The van der Waals surface area contributed by atoms with Crippen molar-refractivity contribution in [1.29, 1.82) is 0 Å². The third-order valence-electron chi connectivity index (χ3n) is 3.23. The van der Waals surface area contributed by atoms with Crippen molar-refractivity contribution in [3.8, 4) is 0 Å². The van der Waals surface area contributed by atoms with E-state index >= 15 is 0 Å². The smallest absolute Gasteiger partial charge is 0.175 e. The van der Waals surface area contributed by atoms with Crippen LogP contribution in [0.5, 0.6) is 0 Å². The lowest BCUT2D eigenvalue weighted by Gasteiger charge is -2.33. The molecule has 7 heteroatoms. The Hall–Kier alpha value is -1.31. The van der Waals surface area contributed by atoms with E-state index in [1.54, 1.807) is 12.1 Å². The Morgan fingerprint density at radius 3 is 2.37 bits per heavy atom. The molecule has 106 valence electrons. The van der Waals surface area contributed by atoms with E-state index in [0.29, 0.717) is 5.69 Å². The molecule has 1 aromatic carbocycles. The molecule has 2 rings (SSSR count). The molecule has 0 saturated carbocycles. The van der Waals surface area contributed by atoms with Crippen molar-refractivity contribution in [3.63, 3.8) is 0 Å². The number of rotatable bonds is 3. The lowest BCUT2D eigenvalue weighted by atomic mass is 10.3. The largest absolute Gasteiger partial charge is 0.397 e. The molecular weight excluding hydrogens is 264 g/mol. The Morgan fingerprint density at radius 2 is 1.84 bits per heavy atom. The summed E-state index contributed by atoms with van der Waals surface area (Å²) >= 11 is 0. The van der Waals surface area contributed by atoms with Crippen LogP contribution in [-0.4, -0.2) is 57.8 Å². The molecule has 0 aromatic heterocycles. The fraction of sp³-hybridized carbons (Fsp3) is 0.500. The van der Waals surface area contributed by atoms with Crippen LogP contribution >= 0.6 is 0 Å². The maximum absolute atomic E-state index is 11.4. The third-order valence-corrected chi connectivity index (χ3v) is 4.34. The van der Waals surface area contributed by atoms with Gasteiger partial charge in [-0.2, -0.15) is 0 Å². The summed E-state index contributed by atoms with van der Waals surface area (Å²) in [6.07, 6.45) is 1.18. The van der Waals surface area contributed by atoms with E-state index in [-0.39, 0.29) is 4.90 Å². The van der Waals surface area contributed by atoms with Gasteiger partial charge in [0, 0.05) is 32.4 Å². The van der Waals surface area contributed by atoms with Gasteiger partial charge in [0.1, 0.15) is 0 Å². The number of sulfone groups is 1. The summed E-state index contributed by atoms with van der Waals surface area (Å²) in [4.78, 5) is 2.50. The normalized spacial score (nSPS) is 18.4. The van der Waals surface area contributed by atoms with Gasteiger partial charge in [-0.25, -0.2) is 13.4 Å². The first-order valence-corrected chi connectivity index (χ1v) is 8.05. The number of hydrogen-bond donors (Lipinski definition) is 2. The van der Waals surface area contributed by atoms with Gasteiger partial charge in [0.05, 0.1) is 16.3 Å². The van der Waals surface area contributed by atoms with Crippen LogP contribution in [0.2, 0.25) is 0 Å². The predicted molar refractivity (Wildman–Crippen MR) is 76.7 cm³/mol. The Labute approximate surface area is 114 Å². The Balaban J connectivity index is 2.09. The van der Waals surface area contributed by atoms with Crippen LogP contribution in [0.4, 0.5) is 11.4 Å². The highest BCUT2D eigenvalue weighted by molar-refractivity contribution is 7.90. The van der Waals surface area contributed by atoms with Gasteiger partial charge in [0.2, 0.25) is 0 Å². The molecule has 3 N–H and O–H groups in total. The van der Waals surface area contributed by atoms with Gasteiger partial charge in [0.15, 0.2) is 9.84 Å². The molecule has 0 spiro atoms. The third kappa shape index (κ3) is 3.59. The highest BCUT2D eigenvalue weighted by Crippen LogP contribution is 2.23. The van der Waals surface area contributed by atoms with Crippen molar-refractivity contribution in [1.82, 2.24) is 9.91 Å². The van der Waals surface area contributed by atoms with Crippen LogP contribution in [0.25, 0.3) is 0 Å². The average Bonchev–Trinajstić information content (AvgIpc) is 2.33. The van der Waals surface area contributed by atoms with Crippen LogP contribution < -0.4 is 11.2 Å². The van der Waals surface area contributed by atoms with Crippen LogP contribution in [0.15, 0.2) is 23.1 Å². The average molecular weight is 284 g/mol. The zero-order valence-corrected chi connectivity index (χ0v) is 12.1. The van der Waals surface area contributed by atoms with Gasteiger partial charge in [-0.15, -0.1) is 0 Å².